The van der Waals surface area contributed by atoms with E-state index < -0.39 is 0 Å². The topological polar surface area (TPSA) is 0 Å². The predicted octanol–water partition coefficient (Wildman–Crippen LogP) is 6.73. The molecule has 19 heavy (non-hydrogen) atoms. The van der Waals surface area contributed by atoms with E-state index in [1.54, 1.807) is 51.4 Å². The molecule has 0 aromatic rings. The fourth-order valence-corrected chi connectivity index (χ4v) is 4.47. The highest BCUT2D eigenvalue weighted by Gasteiger charge is 2.21. The zero-order valence-electron chi connectivity index (χ0n) is 13.3. The van der Waals surface area contributed by atoms with Gasteiger partial charge in [-0.05, 0) is 17.8 Å². The summed E-state index contributed by atoms with van der Waals surface area (Å²) in [5.41, 5.74) is 0. The maximum absolute atomic E-state index is 2.33. The Morgan fingerprint density at radius 3 is 1.58 bits per heavy atom. The van der Waals surface area contributed by atoms with E-state index in [1.807, 2.05) is 0 Å². The number of unbranched alkanes of at least 4 members (excludes halogenated alkanes) is 1. The van der Waals surface area contributed by atoms with Crippen LogP contribution in [0.1, 0.15) is 103 Å². The van der Waals surface area contributed by atoms with Crippen LogP contribution in [-0.2, 0) is 0 Å². The van der Waals surface area contributed by atoms with Crippen molar-refractivity contribution < 1.29 is 0 Å². The molecule has 2 aliphatic rings. The second-order valence-corrected chi connectivity index (χ2v) is 7.46. The van der Waals surface area contributed by atoms with Crippen molar-refractivity contribution in [2.24, 2.45) is 17.8 Å². The quantitative estimate of drug-likeness (QED) is 0.478. The fraction of sp³-hybridized carbons (Fsp3) is 1.00. The Labute approximate surface area is 121 Å². The van der Waals surface area contributed by atoms with E-state index in [1.165, 1.54) is 44.9 Å². The Kier molecular flexibility index (Phi) is 7.32. The van der Waals surface area contributed by atoms with Crippen LogP contribution in [0.3, 0.4) is 0 Å². The van der Waals surface area contributed by atoms with E-state index in [2.05, 4.69) is 6.92 Å². The molecule has 0 aromatic heterocycles. The summed E-state index contributed by atoms with van der Waals surface area (Å²) in [6.07, 6.45) is 22.9. The van der Waals surface area contributed by atoms with Gasteiger partial charge in [-0.3, -0.25) is 0 Å². The Morgan fingerprint density at radius 2 is 1.05 bits per heavy atom. The summed E-state index contributed by atoms with van der Waals surface area (Å²) in [6, 6.07) is 0. The summed E-state index contributed by atoms with van der Waals surface area (Å²) >= 11 is 0. The van der Waals surface area contributed by atoms with Gasteiger partial charge in [0.2, 0.25) is 0 Å². The maximum atomic E-state index is 2.33. The number of hydrogen-bond donors (Lipinski definition) is 0. The van der Waals surface area contributed by atoms with Crippen molar-refractivity contribution in [2.45, 2.75) is 103 Å². The van der Waals surface area contributed by atoms with Crippen molar-refractivity contribution >= 4 is 0 Å². The molecular weight excluding hydrogens is 228 g/mol. The minimum absolute atomic E-state index is 1.09. The van der Waals surface area contributed by atoms with Gasteiger partial charge in [-0.15, -0.1) is 0 Å². The summed E-state index contributed by atoms with van der Waals surface area (Å²) in [5.74, 6) is 3.30. The molecule has 112 valence electrons. The van der Waals surface area contributed by atoms with Crippen LogP contribution in [0, 0.1) is 17.8 Å². The highest BCUT2D eigenvalue weighted by Crippen LogP contribution is 2.35. The lowest BCUT2D eigenvalue weighted by Crippen LogP contribution is -2.15. The van der Waals surface area contributed by atoms with Crippen LogP contribution < -0.4 is 0 Å². The van der Waals surface area contributed by atoms with Crippen molar-refractivity contribution in [1.29, 1.82) is 0 Å². The first-order chi connectivity index (χ1) is 9.38. The van der Waals surface area contributed by atoms with Gasteiger partial charge >= 0.3 is 0 Å². The maximum Gasteiger partial charge on any atom is -0.0414 e. The SMILES string of the molecule is CCCCC1CCC(CCCC2CCCCC2)CC1. The molecule has 0 aromatic carbocycles. The Balaban J connectivity index is 1.50. The smallest absolute Gasteiger partial charge is 0.0414 e. The summed E-state index contributed by atoms with van der Waals surface area (Å²) in [4.78, 5) is 0. The molecule has 0 spiro atoms. The molecule has 2 saturated carbocycles. The van der Waals surface area contributed by atoms with E-state index in [-0.39, 0.29) is 0 Å². The highest BCUT2D eigenvalue weighted by atomic mass is 14.3. The van der Waals surface area contributed by atoms with Gasteiger partial charge in [0, 0.05) is 0 Å². The van der Waals surface area contributed by atoms with Gasteiger partial charge in [0.05, 0.1) is 0 Å². The minimum Gasteiger partial charge on any atom is -0.0654 e. The number of hydrogen-bond acceptors (Lipinski definition) is 0. The van der Waals surface area contributed by atoms with Crippen molar-refractivity contribution in [3.8, 4) is 0 Å². The van der Waals surface area contributed by atoms with Crippen molar-refractivity contribution in [1.82, 2.24) is 0 Å². The monoisotopic (exact) mass is 264 g/mol. The fourth-order valence-electron chi connectivity index (χ4n) is 4.47. The Morgan fingerprint density at radius 1 is 0.579 bits per heavy atom. The van der Waals surface area contributed by atoms with Gasteiger partial charge in [0.1, 0.15) is 0 Å². The van der Waals surface area contributed by atoms with Crippen molar-refractivity contribution in [3.05, 3.63) is 0 Å². The van der Waals surface area contributed by atoms with Crippen LogP contribution in [0.25, 0.3) is 0 Å². The molecule has 0 atom stereocenters. The standard InChI is InChI=1S/C19H36/c1-2-3-8-18-13-15-19(16-14-18)12-7-11-17-9-5-4-6-10-17/h17-19H,2-16H2,1H3. The normalized spacial score (nSPS) is 29.5. The van der Waals surface area contributed by atoms with Gasteiger partial charge in [0.25, 0.3) is 0 Å². The molecule has 0 saturated heterocycles. The summed E-state index contributed by atoms with van der Waals surface area (Å²) in [7, 11) is 0. The lowest BCUT2D eigenvalue weighted by molar-refractivity contribution is 0.237. The average molecular weight is 264 g/mol. The molecule has 2 fully saturated rings. The molecule has 0 nitrogen and oxygen atoms in total. The van der Waals surface area contributed by atoms with Crippen LogP contribution in [0.4, 0.5) is 0 Å². The molecule has 2 aliphatic carbocycles. The number of rotatable bonds is 7. The largest absolute Gasteiger partial charge is 0.0654 e. The summed E-state index contributed by atoms with van der Waals surface area (Å²) < 4.78 is 0. The van der Waals surface area contributed by atoms with Crippen molar-refractivity contribution in [2.75, 3.05) is 0 Å². The molecule has 0 aliphatic heterocycles. The molecule has 0 unspecified atom stereocenters. The summed E-state index contributed by atoms with van der Waals surface area (Å²) in [6.45, 7) is 2.33. The molecule has 0 radical (unpaired) electrons. The van der Waals surface area contributed by atoms with Gasteiger partial charge in [0.15, 0.2) is 0 Å². The first-order valence-electron chi connectivity index (χ1n) is 9.38. The predicted molar refractivity (Wildman–Crippen MR) is 85.4 cm³/mol. The first kappa shape index (κ1) is 15.4. The van der Waals surface area contributed by atoms with Crippen LogP contribution >= 0.6 is 0 Å². The molecule has 0 amide bonds. The van der Waals surface area contributed by atoms with E-state index in [9.17, 15) is 0 Å². The molecule has 0 N–H and O–H groups in total. The van der Waals surface area contributed by atoms with E-state index in [0.29, 0.717) is 0 Å². The third-order valence-corrected chi connectivity index (χ3v) is 5.88. The van der Waals surface area contributed by atoms with Crippen LogP contribution in [-0.4, -0.2) is 0 Å². The minimum atomic E-state index is 1.09. The highest BCUT2D eigenvalue weighted by molar-refractivity contribution is 4.73. The van der Waals surface area contributed by atoms with Crippen LogP contribution in [0.15, 0.2) is 0 Å². The zero-order chi connectivity index (χ0) is 13.3. The average Bonchev–Trinajstić information content (AvgIpc) is 2.47. The molecule has 2 rings (SSSR count). The molecular formula is C19H36. The Bertz CT molecular complexity index is 206. The third-order valence-electron chi connectivity index (χ3n) is 5.88. The van der Waals surface area contributed by atoms with E-state index >= 15 is 0 Å². The van der Waals surface area contributed by atoms with Gasteiger partial charge < -0.3 is 0 Å². The summed E-state index contributed by atoms with van der Waals surface area (Å²) in [5, 5.41) is 0. The zero-order valence-corrected chi connectivity index (χ0v) is 13.3. The van der Waals surface area contributed by atoms with Gasteiger partial charge in [-0.1, -0.05) is 103 Å². The van der Waals surface area contributed by atoms with Crippen LogP contribution in [0.2, 0.25) is 0 Å². The van der Waals surface area contributed by atoms with E-state index in [4.69, 9.17) is 0 Å². The van der Waals surface area contributed by atoms with E-state index in [0.717, 1.165) is 17.8 Å². The molecule has 0 heterocycles. The first-order valence-corrected chi connectivity index (χ1v) is 9.38. The third kappa shape index (κ3) is 5.88. The van der Waals surface area contributed by atoms with Crippen LogP contribution in [0.5, 0.6) is 0 Å². The molecule has 0 bridgehead atoms. The molecule has 0 heteroatoms. The van der Waals surface area contributed by atoms with Gasteiger partial charge in [-0.25, -0.2) is 0 Å². The second kappa shape index (κ2) is 9.03. The Hall–Kier alpha value is 0. The lowest BCUT2D eigenvalue weighted by Gasteiger charge is -2.29. The van der Waals surface area contributed by atoms with Crippen molar-refractivity contribution in [3.63, 3.8) is 0 Å². The van der Waals surface area contributed by atoms with Gasteiger partial charge in [-0.2, -0.15) is 0 Å². The lowest BCUT2D eigenvalue weighted by atomic mass is 9.77. The second-order valence-electron chi connectivity index (χ2n) is 7.46.